The number of nitrogens with one attached hydrogen (secondary N) is 1. The zero-order valence-corrected chi connectivity index (χ0v) is 25.8. The van der Waals surface area contributed by atoms with Crippen molar-refractivity contribution >= 4 is 28.2 Å². The second-order valence-electron chi connectivity index (χ2n) is 11.5. The number of rotatable bonds is 8. The number of fused-ring (bicyclic) bond motifs is 4. The lowest BCUT2D eigenvalue weighted by Crippen LogP contribution is -2.38. The van der Waals surface area contributed by atoms with E-state index in [9.17, 15) is 37.8 Å². The van der Waals surface area contributed by atoms with Gasteiger partial charge in [-0.25, -0.2) is 0 Å². The Kier molecular flexibility index (Phi) is 7.90. The molecule has 1 heterocycles. The average molecular weight is 660 g/mol. The molecule has 6 rings (SSSR count). The summed E-state index contributed by atoms with van der Waals surface area (Å²) >= 11 is 0. The van der Waals surface area contributed by atoms with Crippen LogP contribution in [0.15, 0.2) is 89.9 Å². The molecular weight excluding hydrogens is 631 g/mol. The van der Waals surface area contributed by atoms with Gasteiger partial charge in [-0.15, -0.1) is 0 Å². The number of alkyl halides is 3. The van der Waals surface area contributed by atoms with Crippen molar-refractivity contribution in [1.82, 2.24) is 5.32 Å². The smallest absolute Gasteiger partial charge is 0.416 e. The van der Waals surface area contributed by atoms with Gasteiger partial charge in [0.05, 0.1) is 18.2 Å². The van der Waals surface area contributed by atoms with Crippen LogP contribution in [0.1, 0.15) is 46.5 Å². The highest BCUT2D eigenvalue weighted by Gasteiger charge is 2.55. The lowest BCUT2D eigenvalue weighted by Gasteiger charge is -2.27. The Morgan fingerprint density at radius 3 is 2.31 bits per heavy atom. The van der Waals surface area contributed by atoms with Crippen LogP contribution in [0.25, 0.3) is 10.8 Å². The second kappa shape index (κ2) is 11.8. The van der Waals surface area contributed by atoms with E-state index in [0.717, 1.165) is 30.5 Å². The number of benzene rings is 4. The number of ether oxygens (including phenoxy) is 3. The summed E-state index contributed by atoms with van der Waals surface area (Å²) < 4.78 is 56.1. The lowest BCUT2D eigenvalue weighted by atomic mass is 9.71. The number of allylic oxidation sites excluding steroid dienone is 3. The molecule has 0 unspecified atom stereocenters. The van der Waals surface area contributed by atoms with E-state index in [0.29, 0.717) is 22.3 Å². The molecule has 0 saturated heterocycles. The number of aliphatic hydroxyl groups is 1. The third-order valence-corrected chi connectivity index (χ3v) is 8.52. The fourth-order valence-corrected chi connectivity index (χ4v) is 6.05. The van der Waals surface area contributed by atoms with Crippen LogP contribution in [0.2, 0.25) is 0 Å². The van der Waals surface area contributed by atoms with Gasteiger partial charge in [0, 0.05) is 24.1 Å². The van der Waals surface area contributed by atoms with E-state index in [1.165, 1.54) is 32.2 Å². The van der Waals surface area contributed by atoms with Crippen LogP contribution in [0.3, 0.4) is 0 Å². The standard InChI is InChI=1S/C36H28F3NO8/c1-18(41)29-24(42)15-28-35(2,33(29)44)31-25(43)14-27(46-3)30(32(31)48-28)34(45)40-16-20-10-13-26(23-7-5-4-6-22(20)23)47-17-19-8-11-21(12-9-19)36(37,38)39/h4-15,42-43H,16-17H2,1-3H3,(H,40,45)/t35-/m1/s1. The quantitative estimate of drug-likeness (QED) is 0.181. The zero-order chi connectivity index (χ0) is 34.5. The van der Waals surface area contributed by atoms with E-state index in [-0.39, 0.29) is 41.5 Å². The molecule has 0 fully saturated rings. The molecule has 0 bridgehead atoms. The van der Waals surface area contributed by atoms with E-state index < -0.39 is 51.7 Å². The number of phenolic OH excluding ortho intramolecular Hbond substituents is 1. The van der Waals surface area contributed by atoms with E-state index in [4.69, 9.17) is 14.2 Å². The Labute approximate surface area is 271 Å². The van der Waals surface area contributed by atoms with Crippen molar-refractivity contribution in [2.24, 2.45) is 0 Å². The SMILES string of the molecule is COc1cc(O)c2c(c1C(=O)NCc1ccc(OCc3ccc(C(F)(F)F)cc3)c3ccccc13)OC1=CC(O)=C(C(C)=O)C(=O)[C@]12C. The molecule has 0 spiro atoms. The maximum Gasteiger partial charge on any atom is 0.416 e. The summed E-state index contributed by atoms with van der Waals surface area (Å²) in [5.74, 6) is -2.87. The van der Waals surface area contributed by atoms with Crippen molar-refractivity contribution in [3.63, 3.8) is 0 Å². The molecule has 1 aliphatic heterocycles. The predicted molar refractivity (Wildman–Crippen MR) is 167 cm³/mol. The summed E-state index contributed by atoms with van der Waals surface area (Å²) in [6, 6.07) is 16.6. The molecule has 246 valence electrons. The number of carbonyl (C=O) groups excluding carboxylic acids is 3. The van der Waals surface area contributed by atoms with E-state index in [1.54, 1.807) is 18.2 Å². The highest BCUT2D eigenvalue weighted by molar-refractivity contribution is 6.25. The molecule has 0 radical (unpaired) electrons. The fraction of sp³-hybridized carbons (Fsp3) is 0.194. The van der Waals surface area contributed by atoms with Gasteiger partial charge in [-0.05, 0) is 48.6 Å². The Morgan fingerprint density at radius 2 is 1.67 bits per heavy atom. The molecule has 4 aromatic carbocycles. The summed E-state index contributed by atoms with van der Waals surface area (Å²) in [6.45, 7) is 2.62. The van der Waals surface area contributed by atoms with Crippen molar-refractivity contribution in [2.75, 3.05) is 7.11 Å². The van der Waals surface area contributed by atoms with Crippen LogP contribution in [0.4, 0.5) is 13.2 Å². The van der Waals surface area contributed by atoms with E-state index in [1.807, 2.05) is 18.2 Å². The average Bonchev–Trinajstić information content (AvgIpc) is 3.35. The van der Waals surface area contributed by atoms with Crippen molar-refractivity contribution < 1.29 is 52.0 Å². The fourth-order valence-electron chi connectivity index (χ4n) is 6.05. The molecule has 12 heteroatoms. The van der Waals surface area contributed by atoms with Gasteiger partial charge >= 0.3 is 6.18 Å². The highest BCUT2D eigenvalue weighted by atomic mass is 19.4. The molecule has 9 nitrogen and oxygen atoms in total. The molecule has 1 atom stereocenters. The number of carbonyl (C=O) groups is 3. The number of hydrogen-bond acceptors (Lipinski definition) is 8. The first kappa shape index (κ1) is 32.2. The van der Waals surface area contributed by atoms with Crippen molar-refractivity contribution in [1.29, 1.82) is 0 Å². The van der Waals surface area contributed by atoms with Crippen LogP contribution in [-0.4, -0.2) is 34.8 Å². The van der Waals surface area contributed by atoms with Crippen molar-refractivity contribution in [3.05, 3.63) is 118 Å². The lowest BCUT2D eigenvalue weighted by molar-refractivity contribution is -0.137. The van der Waals surface area contributed by atoms with Crippen LogP contribution in [0, 0.1) is 0 Å². The molecule has 1 amide bonds. The summed E-state index contributed by atoms with van der Waals surface area (Å²) in [5, 5.41) is 25.7. The van der Waals surface area contributed by atoms with Gasteiger partial charge in [0.1, 0.15) is 51.9 Å². The van der Waals surface area contributed by atoms with Gasteiger partial charge in [-0.3, -0.25) is 14.4 Å². The Bertz CT molecular complexity index is 2080. The van der Waals surface area contributed by atoms with E-state index in [2.05, 4.69) is 5.32 Å². The first-order chi connectivity index (χ1) is 22.7. The number of methoxy groups -OCH3 is 1. The Hall–Kier alpha value is -5.78. The summed E-state index contributed by atoms with van der Waals surface area (Å²) in [7, 11) is 1.30. The van der Waals surface area contributed by atoms with Crippen LogP contribution in [0.5, 0.6) is 23.0 Å². The third kappa shape index (κ3) is 5.28. The number of phenols is 1. The predicted octanol–water partition coefficient (Wildman–Crippen LogP) is 6.60. The number of Topliss-reactive ketones (excluding diaryl/α,β-unsaturated/α-hetero) is 2. The molecule has 4 aromatic rings. The van der Waals surface area contributed by atoms with Gasteiger partial charge < -0.3 is 29.7 Å². The number of hydrogen-bond donors (Lipinski definition) is 3. The minimum Gasteiger partial charge on any atom is -0.507 e. The molecule has 1 aliphatic carbocycles. The molecule has 2 aliphatic rings. The minimum atomic E-state index is -4.43. The number of aliphatic hydroxyl groups excluding tert-OH is 1. The van der Waals surface area contributed by atoms with Crippen molar-refractivity contribution in [3.8, 4) is 23.0 Å². The first-order valence-electron chi connectivity index (χ1n) is 14.7. The summed E-state index contributed by atoms with van der Waals surface area (Å²) in [6.07, 6.45) is -3.31. The highest BCUT2D eigenvalue weighted by Crippen LogP contribution is 2.56. The van der Waals surface area contributed by atoms with Crippen LogP contribution in [-0.2, 0) is 34.3 Å². The molecule has 0 aromatic heterocycles. The molecule has 3 N–H and O–H groups in total. The monoisotopic (exact) mass is 659 g/mol. The third-order valence-electron chi connectivity index (χ3n) is 8.52. The normalized spacial score (nSPS) is 17.0. The van der Waals surface area contributed by atoms with Gasteiger partial charge in [0.15, 0.2) is 17.3 Å². The minimum absolute atomic E-state index is 0.0209. The zero-order valence-electron chi connectivity index (χ0n) is 25.8. The number of ketones is 2. The van der Waals surface area contributed by atoms with Crippen molar-refractivity contribution in [2.45, 2.75) is 38.6 Å². The van der Waals surface area contributed by atoms with Gasteiger partial charge in [0.25, 0.3) is 5.91 Å². The van der Waals surface area contributed by atoms with Gasteiger partial charge in [-0.2, -0.15) is 13.2 Å². The topological polar surface area (TPSA) is 131 Å². The Balaban J connectivity index is 1.27. The van der Waals surface area contributed by atoms with Gasteiger partial charge in [0.2, 0.25) is 0 Å². The maximum absolute atomic E-state index is 13.8. The summed E-state index contributed by atoms with van der Waals surface area (Å²) in [4.78, 5) is 39.5. The maximum atomic E-state index is 13.8. The summed E-state index contributed by atoms with van der Waals surface area (Å²) in [5.41, 5.74) is -1.79. The first-order valence-corrected chi connectivity index (χ1v) is 14.7. The number of aromatic hydroxyl groups is 1. The molecule has 48 heavy (non-hydrogen) atoms. The van der Waals surface area contributed by atoms with Gasteiger partial charge in [-0.1, -0.05) is 42.5 Å². The molecular formula is C36H28F3NO8. The number of halogens is 3. The Morgan fingerprint density at radius 1 is 0.979 bits per heavy atom. The number of amides is 1. The largest absolute Gasteiger partial charge is 0.507 e. The van der Waals surface area contributed by atoms with Crippen LogP contribution >= 0.6 is 0 Å². The van der Waals surface area contributed by atoms with E-state index >= 15 is 0 Å². The van der Waals surface area contributed by atoms with Crippen LogP contribution < -0.4 is 19.5 Å². The molecule has 0 saturated carbocycles. The second-order valence-corrected chi connectivity index (χ2v) is 11.5.